The van der Waals surface area contributed by atoms with Gasteiger partial charge >= 0.3 is 0 Å². The number of rotatable bonds is 1. The summed E-state index contributed by atoms with van der Waals surface area (Å²) in [5.74, 6) is 0. The van der Waals surface area contributed by atoms with Gasteiger partial charge in [0.2, 0.25) is 0 Å². The number of aromatic nitrogens is 1. The Morgan fingerprint density at radius 1 is 1.69 bits per heavy atom. The van der Waals surface area contributed by atoms with Crippen LogP contribution in [0, 0.1) is 6.92 Å². The first-order chi connectivity index (χ1) is 7.07. The van der Waals surface area contributed by atoms with Crippen molar-refractivity contribution in [2.45, 2.75) is 13.0 Å². The Kier molecular flexibility index (Phi) is 1.93. The van der Waals surface area contributed by atoms with E-state index < -0.39 is 6.50 Å². The molecule has 1 atom stereocenters. The summed E-state index contributed by atoms with van der Waals surface area (Å²) in [5.41, 5.74) is 1.81. The lowest BCUT2D eigenvalue weighted by Crippen LogP contribution is -2.33. The molecule has 1 aromatic rings. The summed E-state index contributed by atoms with van der Waals surface area (Å²) in [5, 5.41) is 2.79. The van der Waals surface area contributed by atoms with E-state index >= 15 is 0 Å². The Morgan fingerprint density at radius 3 is 3.31 bits per heavy atom. The fraction of sp³-hybridized carbons (Fsp3) is 0.500. The first-order valence-electron chi connectivity index (χ1n) is 5.37. The predicted molar refractivity (Wildman–Crippen MR) is 50.5 cm³/mol. The van der Waals surface area contributed by atoms with Gasteiger partial charge in [-0.05, 0) is 19.1 Å². The van der Waals surface area contributed by atoms with Crippen LogP contribution < -0.4 is 5.32 Å². The van der Waals surface area contributed by atoms with Crippen LogP contribution in [-0.2, 0) is 4.74 Å². The van der Waals surface area contributed by atoms with E-state index in [4.69, 9.17) is 7.48 Å². The van der Waals surface area contributed by atoms with Crippen LogP contribution in [0.15, 0.2) is 18.2 Å². The molecule has 0 saturated carbocycles. The zero-order valence-corrected chi connectivity index (χ0v) is 7.58. The fourth-order valence-electron chi connectivity index (χ4n) is 1.35. The minimum absolute atomic E-state index is 0.0628. The largest absolute Gasteiger partial charge is 0.369 e. The highest BCUT2D eigenvalue weighted by atomic mass is 16.5. The maximum absolute atomic E-state index is 7.43. The zero-order chi connectivity index (χ0) is 10.9. The molecule has 0 aliphatic carbocycles. The summed E-state index contributed by atoms with van der Waals surface area (Å²) in [7, 11) is 0. The smallest absolute Gasteiger partial charge is 0.112 e. The molecule has 1 fully saturated rings. The molecule has 1 aromatic heterocycles. The van der Waals surface area contributed by atoms with Gasteiger partial charge in [0.05, 0.1) is 12.3 Å². The number of morpholine rings is 1. The number of hydrogen-bond acceptors (Lipinski definition) is 3. The van der Waals surface area contributed by atoms with E-state index in [1.54, 1.807) is 0 Å². The van der Waals surface area contributed by atoms with Gasteiger partial charge in [0.25, 0.3) is 0 Å². The van der Waals surface area contributed by atoms with Gasteiger partial charge in [-0.2, -0.15) is 0 Å². The SMILES string of the molecule is [2H]C1([2H])COC(c2cccc(C)n2)CN1. The van der Waals surface area contributed by atoms with E-state index in [-0.39, 0.29) is 12.7 Å². The van der Waals surface area contributed by atoms with Crippen LogP contribution in [-0.4, -0.2) is 24.6 Å². The molecule has 2 heterocycles. The summed E-state index contributed by atoms with van der Waals surface area (Å²) in [4.78, 5) is 4.36. The molecule has 0 aromatic carbocycles. The topological polar surface area (TPSA) is 34.1 Å². The summed E-state index contributed by atoms with van der Waals surface area (Å²) >= 11 is 0. The average molecular weight is 180 g/mol. The van der Waals surface area contributed by atoms with Crippen molar-refractivity contribution in [1.82, 2.24) is 10.3 Å². The maximum Gasteiger partial charge on any atom is 0.112 e. The average Bonchev–Trinajstić information content (AvgIpc) is 2.17. The minimum atomic E-state index is -1.42. The second kappa shape index (κ2) is 3.85. The molecule has 1 aliphatic rings. The molecule has 0 bridgehead atoms. The number of aryl methyl sites for hydroxylation is 1. The van der Waals surface area contributed by atoms with Gasteiger partial charge in [-0.3, -0.25) is 4.98 Å². The standard InChI is InChI=1S/C10H14N2O/c1-8-3-2-4-9(12-8)10-7-11-5-6-13-10/h2-4,10-11H,5-7H2,1H3/i5D2. The van der Waals surface area contributed by atoms with Crippen molar-refractivity contribution in [3.05, 3.63) is 29.6 Å². The van der Waals surface area contributed by atoms with Crippen molar-refractivity contribution in [2.24, 2.45) is 0 Å². The van der Waals surface area contributed by atoms with E-state index in [9.17, 15) is 0 Å². The third kappa shape index (κ3) is 2.05. The van der Waals surface area contributed by atoms with Crippen LogP contribution in [0.3, 0.4) is 0 Å². The molecule has 1 N–H and O–H groups in total. The van der Waals surface area contributed by atoms with Gasteiger partial charge in [-0.1, -0.05) is 6.07 Å². The van der Waals surface area contributed by atoms with E-state index in [0.29, 0.717) is 6.54 Å². The van der Waals surface area contributed by atoms with Crippen LogP contribution in [0.2, 0.25) is 0 Å². The third-order valence-electron chi connectivity index (χ3n) is 2.01. The Balaban J connectivity index is 2.08. The van der Waals surface area contributed by atoms with Crippen molar-refractivity contribution in [3.8, 4) is 0 Å². The molecule has 1 aliphatic heterocycles. The highest BCUT2D eigenvalue weighted by Gasteiger charge is 2.16. The van der Waals surface area contributed by atoms with Crippen LogP contribution >= 0.6 is 0 Å². The molecular formula is C10H14N2O. The molecule has 1 saturated heterocycles. The summed E-state index contributed by atoms with van der Waals surface area (Å²) in [6.45, 7) is 1.04. The molecular weight excluding hydrogens is 164 g/mol. The van der Waals surface area contributed by atoms with Crippen LogP contribution in [0.4, 0.5) is 0 Å². The van der Waals surface area contributed by atoms with Crippen molar-refractivity contribution >= 4 is 0 Å². The fourth-order valence-corrected chi connectivity index (χ4v) is 1.35. The lowest BCUT2D eigenvalue weighted by molar-refractivity contribution is 0.0249. The van der Waals surface area contributed by atoms with E-state index in [1.807, 2.05) is 25.1 Å². The second-order valence-electron chi connectivity index (χ2n) is 3.06. The molecule has 13 heavy (non-hydrogen) atoms. The van der Waals surface area contributed by atoms with Gasteiger partial charge in [-0.25, -0.2) is 0 Å². The Labute approximate surface area is 80.9 Å². The summed E-state index contributed by atoms with van der Waals surface area (Å²) < 4.78 is 20.3. The maximum atomic E-state index is 7.43. The van der Waals surface area contributed by atoms with E-state index in [0.717, 1.165) is 11.4 Å². The van der Waals surface area contributed by atoms with Crippen molar-refractivity contribution in [3.63, 3.8) is 0 Å². The van der Waals surface area contributed by atoms with Crippen molar-refractivity contribution in [1.29, 1.82) is 0 Å². The predicted octanol–water partition coefficient (Wildman–Crippen LogP) is 1.05. The summed E-state index contributed by atoms with van der Waals surface area (Å²) in [6, 6.07) is 5.77. The molecule has 2 rings (SSSR count). The number of ether oxygens (including phenoxy) is 1. The molecule has 0 radical (unpaired) electrons. The molecule has 0 spiro atoms. The minimum Gasteiger partial charge on any atom is -0.369 e. The van der Waals surface area contributed by atoms with Gasteiger partial charge in [0, 0.05) is 21.5 Å². The van der Waals surface area contributed by atoms with Crippen molar-refractivity contribution < 1.29 is 7.48 Å². The molecule has 1 unspecified atom stereocenters. The van der Waals surface area contributed by atoms with Gasteiger partial charge in [-0.15, -0.1) is 0 Å². The first-order valence-corrected chi connectivity index (χ1v) is 4.37. The quantitative estimate of drug-likeness (QED) is 0.701. The van der Waals surface area contributed by atoms with Crippen LogP contribution in [0.5, 0.6) is 0 Å². The number of hydrogen-bond donors (Lipinski definition) is 1. The lowest BCUT2D eigenvalue weighted by atomic mass is 10.2. The molecule has 0 amide bonds. The Hall–Kier alpha value is -0.930. The first kappa shape index (κ1) is 6.51. The normalized spacial score (nSPS) is 29.2. The molecule has 3 heteroatoms. The van der Waals surface area contributed by atoms with Crippen molar-refractivity contribution in [2.75, 3.05) is 19.6 Å². The Morgan fingerprint density at radius 2 is 2.62 bits per heavy atom. The number of pyridine rings is 1. The number of nitrogens with zero attached hydrogens (tertiary/aromatic N) is 1. The van der Waals surface area contributed by atoms with E-state index in [2.05, 4.69) is 10.3 Å². The van der Waals surface area contributed by atoms with Crippen LogP contribution in [0.1, 0.15) is 20.2 Å². The highest BCUT2D eigenvalue weighted by molar-refractivity contribution is 5.12. The third-order valence-corrected chi connectivity index (χ3v) is 2.01. The Bertz CT molecular complexity index is 347. The molecule has 70 valence electrons. The lowest BCUT2D eigenvalue weighted by Gasteiger charge is -2.23. The second-order valence-corrected chi connectivity index (χ2v) is 3.06. The van der Waals surface area contributed by atoms with E-state index in [1.165, 1.54) is 0 Å². The number of nitrogens with one attached hydrogen (secondary N) is 1. The van der Waals surface area contributed by atoms with Gasteiger partial charge < -0.3 is 10.1 Å². The van der Waals surface area contributed by atoms with Crippen LogP contribution in [0.25, 0.3) is 0 Å². The summed E-state index contributed by atoms with van der Waals surface area (Å²) in [6.07, 6.45) is -0.145. The highest BCUT2D eigenvalue weighted by Crippen LogP contribution is 2.16. The van der Waals surface area contributed by atoms with Gasteiger partial charge in [0.1, 0.15) is 6.10 Å². The zero-order valence-electron chi connectivity index (χ0n) is 9.58. The van der Waals surface area contributed by atoms with Gasteiger partial charge in [0.15, 0.2) is 0 Å². The monoisotopic (exact) mass is 180 g/mol. The molecule has 3 nitrogen and oxygen atoms in total.